The highest BCUT2D eigenvalue weighted by molar-refractivity contribution is 6.84. The van der Waals surface area contributed by atoms with Crippen LogP contribution in [0.5, 0.6) is 0 Å². The predicted octanol–water partition coefficient (Wildman–Crippen LogP) is 5.61. The number of aliphatic hydroxyl groups excluding tert-OH is 1. The first-order chi connectivity index (χ1) is 11.9. The molecule has 2 nitrogen and oxygen atoms in total. The Labute approximate surface area is 171 Å². The zero-order valence-corrected chi connectivity index (χ0v) is 22.3. The molecule has 0 aromatic carbocycles. The molecule has 0 fully saturated rings. The average molecular weight is 421 g/mol. The Kier molecular flexibility index (Phi) is 9.78. The van der Waals surface area contributed by atoms with Crippen molar-refractivity contribution in [1.29, 1.82) is 0 Å². The lowest BCUT2D eigenvalue weighted by molar-refractivity contribution is 0.0875. The van der Waals surface area contributed by atoms with Crippen LogP contribution in [0.2, 0.25) is 57.4 Å². The summed E-state index contributed by atoms with van der Waals surface area (Å²) in [5.74, 6) is 6.20. The van der Waals surface area contributed by atoms with Gasteiger partial charge in [0.05, 0.1) is 6.10 Å². The van der Waals surface area contributed by atoms with Gasteiger partial charge >= 0.3 is 0 Å². The Bertz CT molecular complexity index is 649. The van der Waals surface area contributed by atoms with Crippen molar-refractivity contribution in [2.45, 2.75) is 90.4 Å². The monoisotopic (exact) mass is 420 g/mol. The molecule has 0 aromatic rings. The molecule has 0 rings (SSSR count). The SMILES string of the molecule is CC(C)(C)[Si](C)(C)O[C@H](/C=C/C#C[Si](C)(C)C)[C@H](O)/C=C/C#C[Si](C)(C)C. The minimum absolute atomic E-state index is 0.0736. The molecule has 0 spiro atoms. The highest BCUT2D eigenvalue weighted by Crippen LogP contribution is 2.37. The van der Waals surface area contributed by atoms with E-state index >= 15 is 0 Å². The minimum atomic E-state index is -2.02. The Morgan fingerprint density at radius 2 is 1.19 bits per heavy atom. The second-order valence-corrected chi connectivity index (χ2v) is 24.8. The lowest BCUT2D eigenvalue weighted by atomic mass is 10.2. The van der Waals surface area contributed by atoms with Gasteiger partial charge in [-0.1, -0.05) is 71.9 Å². The first-order valence-electron chi connectivity index (χ1n) is 9.69. The molecular formula is C22H40O2Si3. The average Bonchev–Trinajstić information content (AvgIpc) is 2.43. The van der Waals surface area contributed by atoms with Crippen LogP contribution in [0.15, 0.2) is 24.3 Å². The van der Waals surface area contributed by atoms with Gasteiger partial charge in [0.2, 0.25) is 0 Å². The highest BCUT2D eigenvalue weighted by atomic mass is 28.4. The highest BCUT2D eigenvalue weighted by Gasteiger charge is 2.39. The largest absolute Gasteiger partial charge is 0.408 e. The summed E-state index contributed by atoms with van der Waals surface area (Å²) in [4.78, 5) is 0. The predicted molar refractivity (Wildman–Crippen MR) is 129 cm³/mol. The van der Waals surface area contributed by atoms with Gasteiger partial charge in [-0.05, 0) is 42.4 Å². The molecular weight excluding hydrogens is 380 g/mol. The molecule has 0 saturated carbocycles. The molecule has 0 aromatic heterocycles. The molecule has 0 amide bonds. The second-order valence-electron chi connectivity index (χ2n) is 10.6. The van der Waals surface area contributed by atoms with Gasteiger partial charge in [0.15, 0.2) is 8.32 Å². The van der Waals surface area contributed by atoms with Gasteiger partial charge in [-0.2, -0.15) is 0 Å². The van der Waals surface area contributed by atoms with Crippen LogP contribution in [0.1, 0.15) is 20.8 Å². The van der Waals surface area contributed by atoms with E-state index in [0.29, 0.717) is 0 Å². The summed E-state index contributed by atoms with van der Waals surface area (Å²) in [6.07, 6.45) is 6.08. The topological polar surface area (TPSA) is 29.5 Å². The molecule has 0 aliphatic carbocycles. The number of hydrogen-bond acceptors (Lipinski definition) is 2. The van der Waals surface area contributed by atoms with Crippen LogP contribution in [0.4, 0.5) is 0 Å². The fourth-order valence-electron chi connectivity index (χ4n) is 1.66. The first kappa shape index (κ1) is 26.2. The van der Waals surface area contributed by atoms with Gasteiger partial charge in [0.25, 0.3) is 0 Å². The third-order valence-corrected chi connectivity index (χ3v) is 10.5. The molecule has 1 N–H and O–H groups in total. The number of aliphatic hydroxyl groups is 1. The van der Waals surface area contributed by atoms with E-state index in [1.54, 1.807) is 12.2 Å². The maximum absolute atomic E-state index is 10.7. The Morgan fingerprint density at radius 1 is 0.778 bits per heavy atom. The van der Waals surface area contributed by atoms with Crippen LogP contribution in [0, 0.1) is 22.9 Å². The summed E-state index contributed by atoms with van der Waals surface area (Å²) in [6.45, 7) is 24.2. The smallest absolute Gasteiger partial charge is 0.193 e. The molecule has 0 heterocycles. The molecule has 0 unspecified atom stereocenters. The minimum Gasteiger partial charge on any atom is -0.408 e. The van der Waals surface area contributed by atoms with E-state index in [0.717, 1.165) is 0 Å². The van der Waals surface area contributed by atoms with Crippen LogP contribution in [0.3, 0.4) is 0 Å². The first-order valence-corrected chi connectivity index (χ1v) is 19.6. The quantitative estimate of drug-likeness (QED) is 0.462. The van der Waals surface area contributed by atoms with Crippen molar-refractivity contribution >= 4 is 24.5 Å². The third-order valence-electron chi connectivity index (χ3n) is 4.21. The van der Waals surface area contributed by atoms with E-state index in [1.807, 2.05) is 12.2 Å². The molecule has 0 radical (unpaired) electrons. The van der Waals surface area contributed by atoms with Crippen LogP contribution in [0.25, 0.3) is 0 Å². The van der Waals surface area contributed by atoms with E-state index < -0.39 is 36.7 Å². The fraction of sp³-hybridized carbons (Fsp3) is 0.636. The van der Waals surface area contributed by atoms with Crippen LogP contribution in [-0.4, -0.2) is 41.8 Å². The Balaban J connectivity index is 5.50. The molecule has 0 aliphatic rings. The van der Waals surface area contributed by atoms with Crippen molar-refractivity contribution in [2.75, 3.05) is 0 Å². The van der Waals surface area contributed by atoms with Crippen molar-refractivity contribution in [3.8, 4) is 22.9 Å². The zero-order valence-electron chi connectivity index (χ0n) is 19.3. The number of hydrogen-bond donors (Lipinski definition) is 1. The third kappa shape index (κ3) is 12.3. The van der Waals surface area contributed by atoms with Gasteiger partial charge in [-0.15, -0.1) is 11.1 Å². The summed E-state index contributed by atoms with van der Waals surface area (Å²) < 4.78 is 6.45. The Hall–Kier alpha value is -0.829. The summed E-state index contributed by atoms with van der Waals surface area (Å²) in [5.41, 5.74) is 6.60. The maximum atomic E-state index is 10.7. The van der Waals surface area contributed by atoms with E-state index in [9.17, 15) is 5.11 Å². The fourth-order valence-corrected chi connectivity index (χ4v) is 3.94. The zero-order chi connectivity index (χ0) is 21.5. The van der Waals surface area contributed by atoms with Gasteiger partial charge < -0.3 is 9.53 Å². The summed E-state index contributed by atoms with van der Waals surface area (Å²) in [7, 11) is -4.84. The van der Waals surface area contributed by atoms with Gasteiger partial charge in [0, 0.05) is 0 Å². The molecule has 0 saturated heterocycles. The second kappa shape index (κ2) is 10.1. The normalized spacial score (nSPS) is 15.9. The van der Waals surface area contributed by atoms with Crippen LogP contribution in [-0.2, 0) is 4.43 Å². The molecule has 0 bridgehead atoms. The molecule has 152 valence electrons. The van der Waals surface area contributed by atoms with E-state index in [2.05, 4.69) is 96.1 Å². The van der Waals surface area contributed by atoms with Crippen molar-refractivity contribution in [3.05, 3.63) is 24.3 Å². The van der Waals surface area contributed by atoms with E-state index in [-0.39, 0.29) is 5.04 Å². The Morgan fingerprint density at radius 3 is 1.56 bits per heavy atom. The maximum Gasteiger partial charge on any atom is 0.193 e. The summed E-state index contributed by atoms with van der Waals surface area (Å²) >= 11 is 0. The van der Waals surface area contributed by atoms with E-state index in [1.165, 1.54) is 0 Å². The van der Waals surface area contributed by atoms with Crippen molar-refractivity contribution in [2.24, 2.45) is 0 Å². The molecule has 2 atom stereocenters. The van der Waals surface area contributed by atoms with Gasteiger partial charge in [-0.3, -0.25) is 0 Å². The van der Waals surface area contributed by atoms with Crippen molar-refractivity contribution < 1.29 is 9.53 Å². The van der Waals surface area contributed by atoms with Gasteiger partial charge in [-0.25, -0.2) is 0 Å². The summed E-state index contributed by atoms with van der Waals surface area (Å²) in [5, 5.41) is 10.8. The molecule has 5 heteroatoms. The van der Waals surface area contributed by atoms with Crippen LogP contribution < -0.4 is 0 Å². The van der Waals surface area contributed by atoms with Crippen molar-refractivity contribution in [3.63, 3.8) is 0 Å². The van der Waals surface area contributed by atoms with E-state index in [4.69, 9.17) is 4.43 Å². The van der Waals surface area contributed by atoms with Crippen LogP contribution >= 0.6 is 0 Å². The summed E-state index contributed by atoms with van der Waals surface area (Å²) in [6, 6.07) is 0. The standard InChI is InChI=1S/C22H40O2Si3/c1-22(2,3)27(10,11)24-21(17-13-15-19-26(7,8)9)20(23)16-12-14-18-25(4,5)6/h12-13,16-17,20-21,23H,1-11H3/b16-12+,17-13+/t20-,21-/m1/s1. The van der Waals surface area contributed by atoms with Crippen molar-refractivity contribution in [1.82, 2.24) is 0 Å². The molecule has 0 aliphatic heterocycles. The lowest BCUT2D eigenvalue weighted by Crippen LogP contribution is -2.46. The lowest BCUT2D eigenvalue weighted by Gasteiger charge is -2.39. The number of rotatable bonds is 5. The molecule has 27 heavy (non-hydrogen) atoms. The van der Waals surface area contributed by atoms with Gasteiger partial charge in [0.1, 0.15) is 22.3 Å². The number of allylic oxidation sites excluding steroid dienone is 2.